The van der Waals surface area contributed by atoms with Crippen LogP contribution in [0.15, 0.2) is 36.4 Å². The maximum absolute atomic E-state index is 4.37. The van der Waals surface area contributed by atoms with Crippen LogP contribution >= 0.6 is 11.3 Å². The molecule has 98 valence electrons. The van der Waals surface area contributed by atoms with Gasteiger partial charge in [0, 0.05) is 9.75 Å². The molecule has 3 nitrogen and oxygen atoms in total. The van der Waals surface area contributed by atoms with E-state index in [9.17, 15) is 0 Å². The number of benzene rings is 1. The van der Waals surface area contributed by atoms with Crippen molar-refractivity contribution >= 4 is 22.4 Å². The quantitative estimate of drug-likeness (QED) is 0.712. The van der Waals surface area contributed by atoms with Crippen molar-refractivity contribution in [1.82, 2.24) is 15.0 Å². The lowest BCUT2D eigenvalue weighted by Crippen LogP contribution is -2.10. The van der Waals surface area contributed by atoms with Gasteiger partial charge in [0.1, 0.15) is 5.52 Å². The first-order chi connectivity index (χ1) is 9.29. The van der Waals surface area contributed by atoms with Crippen molar-refractivity contribution in [2.24, 2.45) is 0 Å². The van der Waals surface area contributed by atoms with E-state index in [1.807, 2.05) is 29.5 Å². The number of nitrogens with zero attached hydrogens (tertiary/aromatic N) is 3. The highest BCUT2D eigenvalue weighted by Crippen LogP contribution is 2.31. The van der Waals surface area contributed by atoms with Crippen LogP contribution in [-0.4, -0.2) is 15.0 Å². The zero-order chi connectivity index (χ0) is 13.2. The minimum atomic E-state index is 0.302. The number of hydrogen-bond acceptors (Lipinski definition) is 3. The molecule has 0 bridgehead atoms. The van der Waals surface area contributed by atoms with Crippen LogP contribution in [0.2, 0.25) is 0 Å². The average molecular weight is 271 g/mol. The summed E-state index contributed by atoms with van der Waals surface area (Å²) in [5.74, 6) is 0. The molecule has 4 heteroatoms. The highest BCUT2D eigenvalue weighted by Gasteiger charge is 2.18. The van der Waals surface area contributed by atoms with E-state index in [-0.39, 0.29) is 0 Å². The van der Waals surface area contributed by atoms with E-state index in [0.29, 0.717) is 6.04 Å². The van der Waals surface area contributed by atoms with Crippen LogP contribution in [0.5, 0.6) is 0 Å². The van der Waals surface area contributed by atoms with Gasteiger partial charge in [0.05, 0.1) is 11.6 Å². The van der Waals surface area contributed by atoms with Crippen LogP contribution in [0.1, 0.15) is 35.6 Å². The van der Waals surface area contributed by atoms with Gasteiger partial charge in [-0.25, -0.2) is 4.68 Å². The molecule has 3 rings (SSSR count). The molecule has 1 unspecified atom stereocenters. The Morgan fingerprint density at radius 3 is 2.79 bits per heavy atom. The molecule has 0 saturated heterocycles. The molecular formula is C15H17N3S. The van der Waals surface area contributed by atoms with Crippen molar-refractivity contribution in [3.8, 4) is 0 Å². The summed E-state index contributed by atoms with van der Waals surface area (Å²) in [6.45, 7) is 4.36. The molecule has 3 aromatic rings. The normalized spacial score (nSPS) is 12.9. The summed E-state index contributed by atoms with van der Waals surface area (Å²) in [6.07, 6.45) is 2.23. The van der Waals surface area contributed by atoms with Gasteiger partial charge in [0.15, 0.2) is 0 Å². The fourth-order valence-corrected chi connectivity index (χ4v) is 3.41. The van der Waals surface area contributed by atoms with Gasteiger partial charge < -0.3 is 0 Å². The molecule has 0 aliphatic rings. The third kappa shape index (κ3) is 2.28. The summed E-state index contributed by atoms with van der Waals surface area (Å²) in [6, 6.07) is 12.9. The smallest absolute Gasteiger partial charge is 0.113 e. The van der Waals surface area contributed by atoms with Crippen molar-refractivity contribution in [2.45, 2.75) is 32.7 Å². The fraction of sp³-hybridized carbons (Fsp3) is 0.333. The molecule has 2 aromatic heterocycles. The molecule has 1 atom stereocenters. The van der Waals surface area contributed by atoms with Gasteiger partial charge in [-0.1, -0.05) is 30.7 Å². The van der Waals surface area contributed by atoms with Gasteiger partial charge in [-0.15, -0.1) is 16.4 Å². The molecule has 19 heavy (non-hydrogen) atoms. The number of rotatable bonds is 4. The van der Waals surface area contributed by atoms with Crippen LogP contribution in [0, 0.1) is 6.92 Å². The monoisotopic (exact) mass is 271 g/mol. The van der Waals surface area contributed by atoms with Crippen molar-refractivity contribution in [3.63, 3.8) is 0 Å². The summed E-state index contributed by atoms with van der Waals surface area (Å²) in [7, 11) is 0. The standard InChI is InChI=1S/C15H17N3S/c1-3-6-14(15-10-9-11(2)19-15)18-13-8-5-4-7-12(13)16-17-18/h4-5,7-10,14H,3,6H2,1-2H3. The van der Waals surface area contributed by atoms with Gasteiger partial charge in [-0.2, -0.15) is 0 Å². The second kappa shape index (κ2) is 5.13. The van der Waals surface area contributed by atoms with Crippen LogP contribution < -0.4 is 0 Å². The molecule has 0 N–H and O–H groups in total. The molecule has 0 aliphatic carbocycles. The number of hydrogen-bond donors (Lipinski definition) is 0. The van der Waals surface area contributed by atoms with Crippen LogP contribution in [0.25, 0.3) is 11.0 Å². The lowest BCUT2D eigenvalue weighted by molar-refractivity contribution is 0.491. The first-order valence-corrected chi connectivity index (χ1v) is 7.47. The van der Waals surface area contributed by atoms with Gasteiger partial charge in [-0.05, 0) is 37.6 Å². The molecule has 1 aromatic carbocycles. The first-order valence-electron chi connectivity index (χ1n) is 6.66. The number of aromatic nitrogens is 3. The van der Waals surface area contributed by atoms with Gasteiger partial charge >= 0.3 is 0 Å². The Balaban J connectivity index is 2.09. The predicted molar refractivity (Wildman–Crippen MR) is 79.6 cm³/mol. The maximum Gasteiger partial charge on any atom is 0.113 e. The second-order valence-electron chi connectivity index (χ2n) is 4.78. The maximum atomic E-state index is 4.37. The highest BCUT2D eigenvalue weighted by atomic mass is 32.1. The Morgan fingerprint density at radius 2 is 2.05 bits per heavy atom. The van der Waals surface area contributed by atoms with Crippen molar-refractivity contribution in [2.75, 3.05) is 0 Å². The molecule has 0 radical (unpaired) electrons. The molecule has 0 spiro atoms. The minimum Gasteiger partial charge on any atom is -0.236 e. The molecule has 0 aliphatic heterocycles. The summed E-state index contributed by atoms with van der Waals surface area (Å²) in [5, 5.41) is 8.64. The van der Waals surface area contributed by atoms with E-state index < -0.39 is 0 Å². The van der Waals surface area contributed by atoms with E-state index in [1.165, 1.54) is 9.75 Å². The number of para-hydroxylation sites is 1. The summed E-state index contributed by atoms with van der Waals surface area (Å²) >= 11 is 1.85. The van der Waals surface area contributed by atoms with Crippen molar-refractivity contribution in [1.29, 1.82) is 0 Å². The van der Waals surface area contributed by atoms with E-state index in [4.69, 9.17) is 0 Å². The SMILES string of the molecule is CCCC(c1ccc(C)s1)n1nnc2ccccc21. The largest absolute Gasteiger partial charge is 0.236 e. The molecule has 0 amide bonds. The second-order valence-corrected chi connectivity index (χ2v) is 6.10. The van der Waals surface area contributed by atoms with Gasteiger partial charge in [0.25, 0.3) is 0 Å². The van der Waals surface area contributed by atoms with Gasteiger partial charge in [0.2, 0.25) is 0 Å². The van der Waals surface area contributed by atoms with E-state index in [1.54, 1.807) is 0 Å². The average Bonchev–Trinajstić information content (AvgIpc) is 3.03. The molecule has 2 heterocycles. The van der Waals surface area contributed by atoms with Gasteiger partial charge in [-0.3, -0.25) is 0 Å². The first kappa shape index (κ1) is 12.4. The third-order valence-corrected chi connectivity index (χ3v) is 4.43. The Labute approximate surface area is 116 Å². The molecule has 0 saturated carbocycles. The zero-order valence-corrected chi connectivity index (χ0v) is 12.0. The van der Waals surface area contributed by atoms with E-state index in [0.717, 1.165) is 23.9 Å². The summed E-state index contributed by atoms with van der Waals surface area (Å²) < 4.78 is 2.07. The summed E-state index contributed by atoms with van der Waals surface area (Å²) in [5.41, 5.74) is 2.09. The highest BCUT2D eigenvalue weighted by molar-refractivity contribution is 7.12. The Kier molecular flexibility index (Phi) is 3.34. The number of fused-ring (bicyclic) bond motifs is 1. The third-order valence-electron chi connectivity index (χ3n) is 3.32. The van der Waals surface area contributed by atoms with Crippen LogP contribution in [0.3, 0.4) is 0 Å². The van der Waals surface area contributed by atoms with Crippen LogP contribution in [0.4, 0.5) is 0 Å². The van der Waals surface area contributed by atoms with E-state index >= 15 is 0 Å². The number of aryl methyl sites for hydroxylation is 1. The number of thiophene rings is 1. The zero-order valence-electron chi connectivity index (χ0n) is 11.2. The van der Waals surface area contributed by atoms with Crippen molar-refractivity contribution in [3.05, 3.63) is 46.2 Å². The topological polar surface area (TPSA) is 30.7 Å². The van der Waals surface area contributed by atoms with Crippen LogP contribution in [-0.2, 0) is 0 Å². The Morgan fingerprint density at radius 1 is 1.21 bits per heavy atom. The Hall–Kier alpha value is -1.68. The Bertz CT molecular complexity index is 683. The molecule has 0 fully saturated rings. The fourth-order valence-electron chi connectivity index (χ4n) is 2.41. The van der Waals surface area contributed by atoms with E-state index in [2.05, 4.69) is 47.0 Å². The molecular weight excluding hydrogens is 254 g/mol. The minimum absolute atomic E-state index is 0.302. The predicted octanol–water partition coefficient (Wildman–Crippen LogP) is 4.19. The summed E-state index contributed by atoms with van der Waals surface area (Å²) in [4.78, 5) is 2.72. The lowest BCUT2D eigenvalue weighted by Gasteiger charge is -2.15. The lowest BCUT2D eigenvalue weighted by atomic mass is 10.1. The van der Waals surface area contributed by atoms with Crippen molar-refractivity contribution < 1.29 is 0 Å².